The van der Waals surface area contributed by atoms with Gasteiger partial charge in [-0.05, 0) is 42.7 Å². The highest BCUT2D eigenvalue weighted by molar-refractivity contribution is 7.17. The van der Waals surface area contributed by atoms with Crippen LogP contribution >= 0.6 is 11.3 Å². The van der Waals surface area contributed by atoms with Crippen LogP contribution in [0.3, 0.4) is 0 Å². The minimum Gasteiger partial charge on any atom is -0.461 e. The van der Waals surface area contributed by atoms with Gasteiger partial charge < -0.3 is 4.74 Å². The van der Waals surface area contributed by atoms with E-state index in [9.17, 15) is 9.59 Å². The third kappa shape index (κ3) is 4.27. The van der Waals surface area contributed by atoms with E-state index >= 15 is 0 Å². The molecule has 0 radical (unpaired) electrons. The van der Waals surface area contributed by atoms with Crippen molar-refractivity contribution in [3.63, 3.8) is 0 Å². The Hall–Kier alpha value is -2.47. The molecule has 3 aromatic rings. The maximum Gasteiger partial charge on any atom is 0.326 e. The lowest BCUT2D eigenvalue weighted by Crippen LogP contribution is -2.28. The normalized spacial score (nSPS) is 15.1. The lowest BCUT2D eigenvalue weighted by Gasteiger charge is -2.21. The number of rotatable bonds is 5. The second kappa shape index (κ2) is 8.49. The summed E-state index contributed by atoms with van der Waals surface area (Å²) in [5, 5.41) is 2.54. The summed E-state index contributed by atoms with van der Waals surface area (Å²) in [5.41, 5.74) is 2.92. The van der Waals surface area contributed by atoms with Crippen LogP contribution in [0.15, 0.2) is 40.8 Å². The molecule has 1 fully saturated rings. The van der Waals surface area contributed by atoms with Crippen LogP contribution in [-0.4, -0.2) is 21.6 Å². The van der Waals surface area contributed by atoms with Crippen molar-refractivity contribution in [2.24, 2.45) is 0 Å². The van der Waals surface area contributed by atoms with E-state index in [2.05, 4.69) is 31.0 Å². The van der Waals surface area contributed by atoms with E-state index < -0.39 is 0 Å². The molecule has 1 saturated carbocycles. The van der Waals surface area contributed by atoms with Gasteiger partial charge >= 0.3 is 5.97 Å². The summed E-state index contributed by atoms with van der Waals surface area (Å²) < 4.78 is 6.94. The Labute approximate surface area is 174 Å². The van der Waals surface area contributed by atoms with E-state index in [0.29, 0.717) is 16.1 Å². The molecule has 0 saturated heterocycles. The second-order valence-corrected chi connectivity index (χ2v) is 8.89. The number of hydrogen-bond donors (Lipinski definition) is 0. The number of nitrogens with zero attached hydrogens (tertiary/aromatic N) is 2. The molecule has 152 valence electrons. The van der Waals surface area contributed by atoms with Crippen LogP contribution in [0.25, 0.3) is 21.3 Å². The average Bonchev–Trinajstić information content (AvgIpc) is 3.16. The third-order valence-electron chi connectivity index (χ3n) is 5.60. The Bertz CT molecular complexity index is 1060. The SMILES string of the molecule is CC(C)c1ccc(-c2csc3ncn(CC(=O)OC4CCCCC4)c(=O)c23)cc1. The minimum atomic E-state index is -0.363. The molecule has 2 aromatic heterocycles. The lowest BCUT2D eigenvalue weighted by atomic mass is 9.98. The van der Waals surface area contributed by atoms with Crippen molar-refractivity contribution in [1.82, 2.24) is 9.55 Å². The summed E-state index contributed by atoms with van der Waals surface area (Å²) >= 11 is 1.45. The van der Waals surface area contributed by atoms with Gasteiger partial charge in [0.1, 0.15) is 17.5 Å². The maximum atomic E-state index is 13.1. The zero-order chi connectivity index (χ0) is 20.4. The molecule has 4 rings (SSSR count). The summed E-state index contributed by atoms with van der Waals surface area (Å²) in [6.45, 7) is 4.22. The Balaban J connectivity index is 1.60. The van der Waals surface area contributed by atoms with Gasteiger partial charge in [0.25, 0.3) is 5.56 Å². The Morgan fingerprint density at radius 3 is 2.62 bits per heavy atom. The largest absolute Gasteiger partial charge is 0.461 e. The number of aromatic nitrogens is 2. The number of benzene rings is 1. The smallest absolute Gasteiger partial charge is 0.326 e. The zero-order valence-corrected chi connectivity index (χ0v) is 17.7. The van der Waals surface area contributed by atoms with Crippen LogP contribution in [0.5, 0.6) is 0 Å². The Morgan fingerprint density at radius 1 is 1.21 bits per heavy atom. The van der Waals surface area contributed by atoms with Gasteiger partial charge in [0.2, 0.25) is 0 Å². The lowest BCUT2D eigenvalue weighted by molar-refractivity contribution is -0.151. The molecule has 1 aliphatic carbocycles. The number of carbonyl (C=O) groups excluding carboxylic acids is 1. The molecule has 0 spiro atoms. The molecule has 1 aliphatic rings. The summed E-state index contributed by atoms with van der Waals surface area (Å²) in [6, 6.07) is 8.29. The van der Waals surface area contributed by atoms with E-state index in [1.165, 1.54) is 34.2 Å². The van der Waals surface area contributed by atoms with E-state index in [-0.39, 0.29) is 24.2 Å². The van der Waals surface area contributed by atoms with Gasteiger partial charge in [0, 0.05) is 10.9 Å². The Kier molecular flexibility index (Phi) is 5.81. The molecule has 0 amide bonds. The van der Waals surface area contributed by atoms with E-state index in [0.717, 1.165) is 36.8 Å². The van der Waals surface area contributed by atoms with Crippen molar-refractivity contribution in [1.29, 1.82) is 0 Å². The fourth-order valence-electron chi connectivity index (χ4n) is 3.89. The minimum absolute atomic E-state index is 0.0141. The van der Waals surface area contributed by atoms with E-state index in [1.54, 1.807) is 0 Å². The molecule has 0 unspecified atom stereocenters. The molecule has 0 aliphatic heterocycles. The molecule has 5 nitrogen and oxygen atoms in total. The number of fused-ring (bicyclic) bond motifs is 1. The number of hydrogen-bond acceptors (Lipinski definition) is 5. The van der Waals surface area contributed by atoms with Crippen LogP contribution in [0, 0.1) is 0 Å². The topological polar surface area (TPSA) is 61.2 Å². The molecule has 2 heterocycles. The maximum absolute atomic E-state index is 13.1. The first-order valence-electron chi connectivity index (χ1n) is 10.3. The fourth-order valence-corrected chi connectivity index (χ4v) is 4.79. The van der Waals surface area contributed by atoms with Crippen LogP contribution in [0.4, 0.5) is 0 Å². The first-order chi connectivity index (χ1) is 14.0. The standard InChI is InChI=1S/C23H26N2O3S/c1-15(2)16-8-10-17(11-9-16)19-13-29-22-21(19)23(27)25(14-24-22)12-20(26)28-18-6-4-3-5-7-18/h8-11,13-15,18H,3-7,12H2,1-2H3. The number of carbonyl (C=O) groups is 1. The highest BCUT2D eigenvalue weighted by atomic mass is 32.1. The quantitative estimate of drug-likeness (QED) is 0.548. The van der Waals surface area contributed by atoms with Gasteiger partial charge in [-0.2, -0.15) is 0 Å². The molecular formula is C23H26N2O3S. The van der Waals surface area contributed by atoms with Gasteiger partial charge in [-0.15, -0.1) is 11.3 Å². The predicted octanol–water partition coefficient (Wildman–Crippen LogP) is 5.12. The molecule has 0 N–H and O–H groups in total. The first-order valence-corrected chi connectivity index (χ1v) is 11.2. The zero-order valence-electron chi connectivity index (χ0n) is 16.9. The van der Waals surface area contributed by atoms with Crippen molar-refractivity contribution >= 4 is 27.5 Å². The van der Waals surface area contributed by atoms with E-state index in [1.807, 2.05) is 17.5 Å². The van der Waals surface area contributed by atoms with Gasteiger partial charge in [-0.25, -0.2) is 4.98 Å². The summed E-state index contributed by atoms with van der Waals surface area (Å²) in [7, 11) is 0. The fraction of sp³-hybridized carbons (Fsp3) is 0.435. The van der Waals surface area contributed by atoms with Crippen LogP contribution in [-0.2, 0) is 16.1 Å². The summed E-state index contributed by atoms with van der Waals surface area (Å²) in [4.78, 5) is 30.6. The van der Waals surface area contributed by atoms with Gasteiger partial charge in [0.05, 0.1) is 11.7 Å². The summed E-state index contributed by atoms with van der Waals surface area (Å²) in [6.07, 6.45) is 6.67. The van der Waals surface area contributed by atoms with Crippen molar-refractivity contribution in [3.05, 3.63) is 51.9 Å². The monoisotopic (exact) mass is 410 g/mol. The highest BCUT2D eigenvalue weighted by Crippen LogP contribution is 2.31. The second-order valence-electron chi connectivity index (χ2n) is 8.03. The highest BCUT2D eigenvalue weighted by Gasteiger charge is 2.19. The van der Waals surface area contributed by atoms with Gasteiger partial charge in [-0.1, -0.05) is 44.5 Å². The summed E-state index contributed by atoms with van der Waals surface area (Å²) in [5.74, 6) is 0.0931. The van der Waals surface area contributed by atoms with Gasteiger partial charge in [0.15, 0.2) is 0 Å². The van der Waals surface area contributed by atoms with Crippen molar-refractivity contribution in [3.8, 4) is 11.1 Å². The van der Waals surface area contributed by atoms with Crippen molar-refractivity contribution in [2.45, 2.75) is 64.5 Å². The van der Waals surface area contributed by atoms with Crippen LogP contribution in [0.2, 0.25) is 0 Å². The number of thiophene rings is 1. The molecule has 1 aromatic carbocycles. The van der Waals surface area contributed by atoms with Crippen LogP contribution < -0.4 is 5.56 Å². The predicted molar refractivity (Wildman–Crippen MR) is 116 cm³/mol. The average molecular weight is 411 g/mol. The molecule has 29 heavy (non-hydrogen) atoms. The molecule has 0 bridgehead atoms. The third-order valence-corrected chi connectivity index (χ3v) is 6.49. The number of ether oxygens (including phenoxy) is 1. The van der Waals surface area contributed by atoms with Crippen molar-refractivity contribution < 1.29 is 9.53 Å². The van der Waals surface area contributed by atoms with Crippen LogP contribution in [0.1, 0.15) is 57.4 Å². The number of esters is 1. The molecule has 0 atom stereocenters. The van der Waals surface area contributed by atoms with Gasteiger partial charge in [-0.3, -0.25) is 14.2 Å². The first kappa shape index (κ1) is 19.8. The Morgan fingerprint density at radius 2 is 1.93 bits per heavy atom. The molecule has 6 heteroatoms. The van der Waals surface area contributed by atoms with Crippen molar-refractivity contribution in [2.75, 3.05) is 0 Å². The van der Waals surface area contributed by atoms with E-state index in [4.69, 9.17) is 4.74 Å². The molecular weight excluding hydrogens is 384 g/mol.